The molecule has 0 bridgehead atoms. The van der Waals surface area contributed by atoms with E-state index >= 15 is 0 Å². The minimum Gasteiger partial charge on any atom is -0.307 e. The van der Waals surface area contributed by atoms with Crippen LogP contribution < -0.4 is 10.7 Å². The van der Waals surface area contributed by atoms with Crippen LogP contribution in [-0.4, -0.2) is 17.6 Å². The summed E-state index contributed by atoms with van der Waals surface area (Å²) in [5.74, 6) is 0.461. The van der Waals surface area contributed by atoms with Crippen molar-refractivity contribution in [2.45, 2.75) is 25.1 Å². The smallest absolute Gasteiger partial charge is 0.307 e. The fourth-order valence-corrected chi connectivity index (χ4v) is 3.74. The van der Waals surface area contributed by atoms with Crippen molar-refractivity contribution in [3.05, 3.63) is 65.2 Å². The summed E-state index contributed by atoms with van der Waals surface area (Å²) in [5.41, 5.74) is 5.38. The standard InChI is InChI=1S/C19H18F3N3O/c20-19(21,22)14-5-7-15(8-6-14)23-18(26)25-10-9-13-11-12-3-1-2-4-16(12)17(13)24-25/h1-8,13,17,24H,9-11H2,(H,23,26). The van der Waals surface area contributed by atoms with Crippen molar-refractivity contribution in [2.75, 3.05) is 11.9 Å². The molecule has 1 fully saturated rings. The molecular formula is C19H18F3N3O. The van der Waals surface area contributed by atoms with Crippen LogP contribution in [0.2, 0.25) is 0 Å². The zero-order chi connectivity index (χ0) is 18.3. The van der Waals surface area contributed by atoms with Gasteiger partial charge in [-0.25, -0.2) is 10.2 Å². The van der Waals surface area contributed by atoms with Crippen LogP contribution in [0.15, 0.2) is 48.5 Å². The SMILES string of the molecule is O=C(Nc1ccc(C(F)(F)F)cc1)N1CCC2Cc3ccccc3C2N1. The second-order valence-electron chi connectivity index (χ2n) is 6.72. The van der Waals surface area contributed by atoms with Gasteiger partial charge < -0.3 is 5.32 Å². The molecule has 0 aromatic heterocycles. The first-order chi connectivity index (χ1) is 12.4. The zero-order valence-electron chi connectivity index (χ0n) is 13.9. The van der Waals surface area contributed by atoms with Gasteiger partial charge >= 0.3 is 12.2 Å². The predicted octanol–water partition coefficient (Wildman–Crippen LogP) is 4.36. The molecule has 2 aromatic rings. The highest BCUT2D eigenvalue weighted by Gasteiger charge is 2.38. The van der Waals surface area contributed by atoms with E-state index in [-0.39, 0.29) is 12.1 Å². The number of carbonyl (C=O) groups is 1. The Morgan fingerprint density at radius 1 is 1.12 bits per heavy atom. The highest BCUT2D eigenvalue weighted by Crippen LogP contribution is 2.40. The summed E-state index contributed by atoms with van der Waals surface area (Å²) in [6, 6.07) is 12.4. The third-order valence-electron chi connectivity index (χ3n) is 5.07. The number of hydrogen-bond donors (Lipinski definition) is 2. The Hall–Kier alpha value is -2.54. The monoisotopic (exact) mass is 361 g/mol. The summed E-state index contributed by atoms with van der Waals surface area (Å²) in [4.78, 5) is 12.5. The number of alkyl halides is 3. The first-order valence-corrected chi connectivity index (χ1v) is 8.51. The van der Waals surface area contributed by atoms with Gasteiger partial charge in [0.25, 0.3) is 0 Å². The molecule has 2 amide bonds. The van der Waals surface area contributed by atoms with E-state index in [1.807, 2.05) is 12.1 Å². The fourth-order valence-electron chi connectivity index (χ4n) is 3.74. The van der Waals surface area contributed by atoms with E-state index in [1.54, 1.807) is 0 Å². The molecule has 136 valence electrons. The van der Waals surface area contributed by atoms with Gasteiger partial charge in [-0.15, -0.1) is 0 Å². The Labute approximate surface area is 149 Å². The lowest BCUT2D eigenvalue weighted by Gasteiger charge is -2.36. The first-order valence-electron chi connectivity index (χ1n) is 8.51. The Bertz CT molecular complexity index is 820. The Kier molecular flexibility index (Phi) is 4.11. The molecule has 1 heterocycles. The lowest BCUT2D eigenvalue weighted by Crippen LogP contribution is -2.52. The maximum atomic E-state index is 12.6. The molecule has 4 nitrogen and oxygen atoms in total. The van der Waals surface area contributed by atoms with Gasteiger partial charge in [0, 0.05) is 12.2 Å². The van der Waals surface area contributed by atoms with E-state index in [1.165, 1.54) is 28.3 Å². The summed E-state index contributed by atoms with van der Waals surface area (Å²) in [5, 5.41) is 4.17. The van der Waals surface area contributed by atoms with Gasteiger partial charge in [0.05, 0.1) is 11.6 Å². The van der Waals surface area contributed by atoms with Gasteiger partial charge in [-0.3, -0.25) is 5.01 Å². The van der Waals surface area contributed by atoms with E-state index in [9.17, 15) is 18.0 Å². The first kappa shape index (κ1) is 16.9. The molecule has 1 aliphatic heterocycles. The van der Waals surface area contributed by atoms with Crippen molar-refractivity contribution in [3.63, 3.8) is 0 Å². The number of benzene rings is 2. The number of amides is 2. The van der Waals surface area contributed by atoms with E-state index in [0.29, 0.717) is 18.2 Å². The minimum absolute atomic E-state index is 0.0957. The molecule has 1 saturated heterocycles. The van der Waals surface area contributed by atoms with E-state index in [0.717, 1.165) is 25.0 Å². The molecule has 2 N–H and O–H groups in total. The number of carbonyl (C=O) groups excluding carboxylic acids is 1. The number of hydrazine groups is 1. The molecule has 1 aliphatic carbocycles. The quantitative estimate of drug-likeness (QED) is 0.793. The predicted molar refractivity (Wildman–Crippen MR) is 91.3 cm³/mol. The van der Waals surface area contributed by atoms with Crippen molar-refractivity contribution in [2.24, 2.45) is 5.92 Å². The highest BCUT2D eigenvalue weighted by molar-refractivity contribution is 5.89. The second kappa shape index (κ2) is 6.32. The highest BCUT2D eigenvalue weighted by atomic mass is 19.4. The largest absolute Gasteiger partial charge is 0.416 e. The van der Waals surface area contributed by atoms with Gasteiger partial charge in [-0.2, -0.15) is 13.2 Å². The molecule has 7 heteroatoms. The number of fused-ring (bicyclic) bond motifs is 3. The maximum absolute atomic E-state index is 12.6. The van der Waals surface area contributed by atoms with Gasteiger partial charge in [0.2, 0.25) is 0 Å². The summed E-state index contributed by atoms with van der Waals surface area (Å²) in [6.07, 6.45) is -2.50. The molecular weight excluding hydrogens is 343 g/mol. The van der Waals surface area contributed by atoms with Gasteiger partial charge in [-0.1, -0.05) is 24.3 Å². The van der Waals surface area contributed by atoms with Crippen LogP contribution in [0.4, 0.5) is 23.7 Å². The van der Waals surface area contributed by atoms with Crippen molar-refractivity contribution in [1.82, 2.24) is 10.4 Å². The lowest BCUT2D eigenvalue weighted by atomic mass is 9.95. The number of rotatable bonds is 1. The van der Waals surface area contributed by atoms with Gasteiger partial charge in [0.1, 0.15) is 0 Å². The van der Waals surface area contributed by atoms with Crippen molar-refractivity contribution < 1.29 is 18.0 Å². The molecule has 0 spiro atoms. The van der Waals surface area contributed by atoms with Crippen molar-refractivity contribution in [1.29, 1.82) is 0 Å². The Balaban J connectivity index is 1.43. The van der Waals surface area contributed by atoms with Gasteiger partial charge in [-0.05, 0) is 54.2 Å². The molecule has 0 radical (unpaired) electrons. The van der Waals surface area contributed by atoms with Crippen LogP contribution in [0.1, 0.15) is 29.2 Å². The third-order valence-corrected chi connectivity index (χ3v) is 5.07. The fraction of sp³-hybridized carbons (Fsp3) is 0.316. The van der Waals surface area contributed by atoms with Crippen LogP contribution in [0.3, 0.4) is 0 Å². The van der Waals surface area contributed by atoms with E-state index in [4.69, 9.17) is 0 Å². The average molecular weight is 361 g/mol. The topological polar surface area (TPSA) is 44.4 Å². The molecule has 26 heavy (non-hydrogen) atoms. The number of urea groups is 1. The average Bonchev–Trinajstić information content (AvgIpc) is 2.99. The number of hydrogen-bond acceptors (Lipinski definition) is 2. The van der Waals surface area contributed by atoms with E-state index in [2.05, 4.69) is 22.9 Å². The molecule has 2 aliphatic rings. The van der Waals surface area contributed by atoms with Crippen LogP contribution in [-0.2, 0) is 12.6 Å². The number of nitrogens with zero attached hydrogens (tertiary/aromatic N) is 1. The number of halogens is 3. The zero-order valence-corrected chi connectivity index (χ0v) is 13.9. The van der Waals surface area contributed by atoms with Crippen LogP contribution in [0.25, 0.3) is 0 Å². The molecule has 0 saturated carbocycles. The van der Waals surface area contributed by atoms with Crippen molar-refractivity contribution >= 4 is 11.7 Å². The molecule has 4 rings (SSSR count). The molecule has 2 aromatic carbocycles. The number of nitrogens with one attached hydrogen (secondary N) is 2. The molecule has 2 atom stereocenters. The maximum Gasteiger partial charge on any atom is 0.416 e. The van der Waals surface area contributed by atoms with Crippen LogP contribution in [0, 0.1) is 5.92 Å². The summed E-state index contributed by atoms with van der Waals surface area (Å²) < 4.78 is 37.8. The summed E-state index contributed by atoms with van der Waals surface area (Å²) >= 11 is 0. The van der Waals surface area contributed by atoms with Crippen molar-refractivity contribution in [3.8, 4) is 0 Å². The second-order valence-corrected chi connectivity index (χ2v) is 6.72. The minimum atomic E-state index is -4.39. The third kappa shape index (κ3) is 3.14. The number of anilines is 1. The summed E-state index contributed by atoms with van der Waals surface area (Å²) in [7, 11) is 0. The normalized spacial score (nSPS) is 21.9. The Morgan fingerprint density at radius 3 is 2.58 bits per heavy atom. The Morgan fingerprint density at radius 2 is 1.85 bits per heavy atom. The van der Waals surface area contributed by atoms with Crippen LogP contribution in [0.5, 0.6) is 0 Å². The lowest BCUT2D eigenvalue weighted by molar-refractivity contribution is -0.137. The van der Waals surface area contributed by atoms with Crippen LogP contribution >= 0.6 is 0 Å². The molecule has 2 unspecified atom stereocenters. The summed E-state index contributed by atoms with van der Waals surface area (Å²) in [6.45, 7) is 0.557. The van der Waals surface area contributed by atoms with Gasteiger partial charge in [0.15, 0.2) is 0 Å². The van der Waals surface area contributed by atoms with E-state index < -0.39 is 11.7 Å².